The van der Waals surface area contributed by atoms with Crippen LogP contribution in [-0.4, -0.2) is 32.1 Å². The SMILES string of the molecule is CN1c2cc(F)ccc2NC(=O)C2CNCC21. The zero-order valence-corrected chi connectivity index (χ0v) is 9.53. The van der Waals surface area contributed by atoms with E-state index < -0.39 is 0 Å². The standard InChI is InChI=1S/C12H14FN3O/c1-16-10-4-7(13)2-3-9(10)15-12(17)8-5-14-6-11(8)16/h2-4,8,11,14H,5-6H2,1H3,(H,15,17). The van der Waals surface area contributed by atoms with Crippen LogP contribution in [0.25, 0.3) is 0 Å². The molecular weight excluding hydrogens is 221 g/mol. The first-order valence-corrected chi connectivity index (χ1v) is 5.71. The predicted molar refractivity (Wildman–Crippen MR) is 63.6 cm³/mol. The number of hydrogen-bond donors (Lipinski definition) is 2. The Balaban J connectivity index is 2.09. The van der Waals surface area contributed by atoms with E-state index in [9.17, 15) is 9.18 Å². The summed E-state index contributed by atoms with van der Waals surface area (Å²) < 4.78 is 13.3. The fraction of sp³-hybridized carbons (Fsp3) is 0.417. The van der Waals surface area contributed by atoms with Crippen molar-refractivity contribution in [2.75, 3.05) is 30.4 Å². The third kappa shape index (κ3) is 1.58. The number of rotatable bonds is 0. The molecule has 0 aliphatic carbocycles. The first kappa shape index (κ1) is 10.5. The van der Waals surface area contributed by atoms with Crippen LogP contribution in [0.2, 0.25) is 0 Å². The lowest BCUT2D eigenvalue weighted by molar-refractivity contribution is -0.119. The Morgan fingerprint density at radius 3 is 3.06 bits per heavy atom. The Morgan fingerprint density at radius 2 is 2.24 bits per heavy atom. The van der Waals surface area contributed by atoms with Gasteiger partial charge in [0.25, 0.3) is 0 Å². The van der Waals surface area contributed by atoms with E-state index in [0.29, 0.717) is 12.2 Å². The maximum Gasteiger partial charge on any atom is 0.230 e. The molecule has 1 aromatic rings. The number of fused-ring (bicyclic) bond motifs is 2. The van der Waals surface area contributed by atoms with Crippen LogP contribution in [-0.2, 0) is 4.79 Å². The molecule has 1 fully saturated rings. The second-order valence-corrected chi connectivity index (χ2v) is 4.59. The van der Waals surface area contributed by atoms with E-state index in [-0.39, 0.29) is 23.7 Å². The van der Waals surface area contributed by atoms with Gasteiger partial charge in [-0.3, -0.25) is 4.79 Å². The molecule has 4 nitrogen and oxygen atoms in total. The molecule has 1 aromatic carbocycles. The highest BCUT2D eigenvalue weighted by atomic mass is 19.1. The normalized spacial score (nSPS) is 27.2. The van der Waals surface area contributed by atoms with Crippen LogP contribution in [0.1, 0.15) is 0 Å². The fourth-order valence-corrected chi connectivity index (χ4v) is 2.65. The maximum atomic E-state index is 13.3. The average molecular weight is 235 g/mol. The number of hydrogen-bond acceptors (Lipinski definition) is 3. The van der Waals surface area contributed by atoms with Gasteiger partial charge in [-0.2, -0.15) is 0 Å². The molecule has 0 aromatic heterocycles. The molecule has 5 heteroatoms. The van der Waals surface area contributed by atoms with Crippen LogP contribution in [0.5, 0.6) is 0 Å². The summed E-state index contributed by atoms with van der Waals surface area (Å²) in [4.78, 5) is 14.0. The summed E-state index contributed by atoms with van der Waals surface area (Å²) in [6.45, 7) is 1.43. The summed E-state index contributed by atoms with van der Waals surface area (Å²) in [5.41, 5.74) is 1.43. The van der Waals surface area contributed by atoms with Gasteiger partial charge in [0.1, 0.15) is 5.82 Å². The van der Waals surface area contributed by atoms with Crippen molar-refractivity contribution in [1.29, 1.82) is 0 Å². The van der Waals surface area contributed by atoms with Gasteiger partial charge in [0.2, 0.25) is 5.91 Å². The fourth-order valence-electron chi connectivity index (χ4n) is 2.65. The van der Waals surface area contributed by atoms with E-state index in [2.05, 4.69) is 10.6 Å². The molecule has 0 saturated carbocycles. The Hall–Kier alpha value is -1.62. The van der Waals surface area contributed by atoms with E-state index in [1.165, 1.54) is 12.1 Å². The number of carbonyl (C=O) groups excluding carboxylic acids is 1. The quantitative estimate of drug-likeness (QED) is 0.699. The Kier molecular flexibility index (Phi) is 2.29. The van der Waals surface area contributed by atoms with Crippen molar-refractivity contribution in [3.63, 3.8) is 0 Å². The lowest BCUT2D eigenvalue weighted by Gasteiger charge is -2.27. The highest BCUT2D eigenvalue weighted by Gasteiger charge is 2.38. The Morgan fingerprint density at radius 1 is 1.41 bits per heavy atom. The molecule has 2 aliphatic rings. The highest BCUT2D eigenvalue weighted by molar-refractivity contribution is 5.98. The zero-order valence-electron chi connectivity index (χ0n) is 9.53. The van der Waals surface area contributed by atoms with E-state index >= 15 is 0 Å². The van der Waals surface area contributed by atoms with Gasteiger partial charge in [0.05, 0.1) is 23.3 Å². The van der Waals surface area contributed by atoms with E-state index in [1.54, 1.807) is 6.07 Å². The second-order valence-electron chi connectivity index (χ2n) is 4.59. The van der Waals surface area contributed by atoms with Crippen molar-refractivity contribution in [3.8, 4) is 0 Å². The number of amides is 1. The predicted octanol–water partition coefficient (Wildman–Crippen LogP) is 0.802. The molecule has 0 radical (unpaired) electrons. The van der Waals surface area contributed by atoms with Crippen molar-refractivity contribution in [2.45, 2.75) is 6.04 Å². The third-order valence-electron chi connectivity index (χ3n) is 3.61. The van der Waals surface area contributed by atoms with Gasteiger partial charge in [0.15, 0.2) is 0 Å². The average Bonchev–Trinajstić information content (AvgIpc) is 2.76. The van der Waals surface area contributed by atoms with Crippen molar-refractivity contribution in [2.24, 2.45) is 5.92 Å². The summed E-state index contributed by atoms with van der Waals surface area (Å²) in [7, 11) is 1.91. The highest BCUT2D eigenvalue weighted by Crippen LogP contribution is 2.33. The Bertz CT molecular complexity index is 477. The van der Waals surface area contributed by atoms with Crippen molar-refractivity contribution < 1.29 is 9.18 Å². The van der Waals surface area contributed by atoms with E-state index in [1.807, 2.05) is 11.9 Å². The minimum absolute atomic E-state index is 0.0113. The minimum Gasteiger partial charge on any atom is -0.368 e. The topological polar surface area (TPSA) is 44.4 Å². The maximum absolute atomic E-state index is 13.3. The van der Waals surface area contributed by atoms with Crippen molar-refractivity contribution in [3.05, 3.63) is 24.0 Å². The van der Waals surface area contributed by atoms with Crippen LogP contribution in [0.4, 0.5) is 15.8 Å². The van der Waals surface area contributed by atoms with Gasteiger partial charge in [-0.1, -0.05) is 0 Å². The molecule has 2 heterocycles. The summed E-state index contributed by atoms with van der Waals surface area (Å²) >= 11 is 0. The largest absolute Gasteiger partial charge is 0.368 e. The number of anilines is 2. The summed E-state index contributed by atoms with van der Waals surface area (Å²) in [5.74, 6) is -0.345. The second kappa shape index (κ2) is 3.70. The third-order valence-corrected chi connectivity index (χ3v) is 3.61. The van der Waals surface area contributed by atoms with Crippen LogP contribution in [0.3, 0.4) is 0 Å². The molecule has 2 atom stereocenters. The van der Waals surface area contributed by atoms with Gasteiger partial charge in [-0.25, -0.2) is 4.39 Å². The molecule has 0 bridgehead atoms. The number of nitrogens with one attached hydrogen (secondary N) is 2. The van der Waals surface area contributed by atoms with Gasteiger partial charge >= 0.3 is 0 Å². The van der Waals surface area contributed by atoms with Gasteiger partial charge in [0, 0.05) is 20.1 Å². The molecule has 0 spiro atoms. The molecule has 17 heavy (non-hydrogen) atoms. The number of likely N-dealkylation sites (N-methyl/N-ethyl adjacent to an activating group) is 1. The number of carbonyl (C=O) groups is 1. The van der Waals surface area contributed by atoms with Gasteiger partial charge in [-0.05, 0) is 18.2 Å². The Labute approximate surface area is 98.8 Å². The lowest BCUT2D eigenvalue weighted by Crippen LogP contribution is -2.40. The number of halogens is 1. The molecule has 3 rings (SSSR count). The molecule has 2 aliphatic heterocycles. The minimum atomic E-state index is -0.283. The molecule has 2 N–H and O–H groups in total. The van der Waals surface area contributed by atoms with Crippen LogP contribution >= 0.6 is 0 Å². The summed E-state index contributed by atoms with van der Waals surface area (Å²) in [6, 6.07) is 4.55. The molecule has 1 amide bonds. The van der Waals surface area contributed by atoms with Crippen molar-refractivity contribution >= 4 is 17.3 Å². The van der Waals surface area contributed by atoms with E-state index in [4.69, 9.17) is 0 Å². The summed E-state index contributed by atoms with van der Waals surface area (Å²) in [6.07, 6.45) is 0. The number of nitrogens with zero attached hydrogens (tertiary/aromatic N) is 1. The smallest absolute Gasteiger partial charge is 0.230 e. The molecule has 2 unspecified atom stereocenters. The van der Waals surface area contributed by atoms with Gasteiger partial charge in [-0.15, -0.1) is 0 Å². The molecular formula is C12H14FN3O. The lowest BCUT2D eigenvalue weighted by atomic mass is 10.0. The summed E-state index contributed by atoms with van der Waals surface area (Å²) in [5, 5.41) is 6.07. The monoisotopic (exact) mass is 235 g/mol. The van der Waals surface area contributed by atoms with E-state index in [0.717, 1.165) is 12.2 Å². The van der Waals surface area contributed by atoms with Crippen LogP contribution < -0.4 is 15.5 Å². The molecule has 90 valence electrons. The van der Waals surface area contributed by atoms with Crippen molar-refractivity contribution in [1.82, 2.24) is 5.32 Å². The number of benzene rings is 1. The first-order valence-electron chi connectivity index (χ1n) is 5.71. The molecule has 1 saturated heterocycles. The first-order chi connectivity index (χ1) is 8.16. The van der Waals surface area contributed by atoms with Crippen LogP contribution in [0, 0.1) is 11.7 Å². The van der Waals surface area contributed by atoms with Gasteiger partial charge < -0.3 is 15.5 Å². The zero-order chi connectivity index (χ0) is 12.0. The van der Waals surface area contributed by atoms with Crippen LogP contribution in [0.15, 0.2) is 18.2 Å².